The molecular formula is C22H32O6. The minimum atomic E-state index is -0.864. The van der Waals surface area contributed by atoms with Crippen LogP contribution >= 0.6 is 0 Å². The predicted octanol–water partition coefficient (Wildman–Crippen LogP) is 2.76. The van der Waals surface area contributed by atoms with Crippen molar-refractivity contribution in [1.82, 2.24) is 0 Å². The Bertz CT molecular complexity index is 683. The summed E-state index contributed by atoms with van der Waals surface area (Å²) in [6, 6.07) is 0. The number of ketones is 2. The van der Waals surface area contributed by atoms with E-state index >= 15 is 0 Å². The number of carbonyl (C=O) groups excluding carboxylic acids is 3. The highest BCUT2D eigenvalue weighted by atomic mass is 16.5. The Balaban J connectivity index is 1.97. The van der Waals surface area contributed by atoms with Crippen LogP contribution in [0.3, 0.4) is 0 Å². The van der Waals surface area contributed by atoms with Gasteiger partial charge in [0, 0.05) is 6.42 Å². The van der Waals surface area contributed by atoms with Crippen LogP contribution in [0.2, 0.25) is 0 Å². The summed E-state index contributed by atoms with van der Waals surface area (Å²) in [6.45, 7) is 7.62. The molecule has 6 nitrogen and oxygen atoms in total. The molecule has 2 fully saturated rings. The third kappa shape index (κ3) is 4.08. The molecular weight excluding hydrogens is 360 g/mol. The van der Waals surface area contributed by atoms with Gasteiger partial charge in [0.15, 0.2) is 11.6 Å². The molecule has 0 aromatic rings. The zero-order valence-electron chi connectivity index (χ0n) is 17.3. The Labute approximate surface area is 166 Å². The van der Waals surface area contributed by atoms with Crippen LogP contribution in [0.15, 0.2) is 11.6 Å². The molecule has 4 rings (SSSR count). The van der Waals surface area contributed by atoms with Gasteiger partial charge in [0.1, 0.15) is 12.0 Å². The van der Waals surface area contributed by atoms with E-state index < -0.39 is 41.7 Å². The molecule has 4 heterocycles. The fraction of sp³-hybridized carbons (Fsp3) is 0.773. The molecule has 0 aromatic carbocycles. The molecule has 0 aromatic heterocycles. The largest absolute Gasteiger partial charge is 0.461 e. The van der Waals surface area contributed by atoms with E-state index in [1.165, 1.54) is 0 Å². The van der Waals surface area contributed by atoms with Crippen molar-refractivity contribution in [1.29, 1.82) is 0 Å². The van der Waals surface area contributed by atoms with E-state index in [-0.39, 0.29) is 23.9 Å². The number of ether oxygens (including phenoxy) is 2. The number of hydrogen-bond donors (Lipinski definition) is 1. The summed E-state index contributed by atoms with van der Waals surface area (Å²) >= 11 is 0. The molecule has 7 atom stereocenters. The third-order valence-electron chi connectivity index (χ3n) is 6.59. The van der Waals surface area contributed by atoms with Crippen LogP contribution in [0.5, 0.6) is 0 Å². The number of carbonyl (C=O) groups is 3. The summed E-state index contributed by atoms with van der Waals surface area (Å²) in [6.07, 6.45) is 2.57. The number of aliphatic hydroxyl groups is 1. The van der Waals surface area contributed by atoms with Crippen LogP contribution in [-0.4, -0.2) is 46.6 Å². The first kappa shape index (κ1) is 21.2. The van der Waals surface area contributed by atoms with E-state index in [0.29, 0.717) is 24.8 Å². The van der Waals surface area contributed by atoms with Gasteiger partial charge in [-0.3, -0.25) is 14.4 Å². The normalized spacial score (nSPS) is 44.0. The lowest BCUT2D eigenvalue weighted by Gasteiger charge is -2.35. The van der Waals surface area contributed by atoms with Crippen molar-refractivity contribution >= 4 is 17.5 Å². The molecule has 2 saturated heterocycles. The van der Waals surface area contributed by atoms with E-state index in [1.807, 2.05) is 20.8 Å². The first-order chi connectivity index (χ1) is 13.1. The monoisotopic (exact) mass is 392 g/mol. The molecule has 0 saturated carbocycles. The van der Waals surface area contributed by atoms with Gasteiger partial charge in [-0.05, 0) is 57.1 Å². The number of aliphatic hydroxyl groups excluding tert-OH is 1. The van der Waals surface area contributed by atoms with Crippen LogP contribution < -0.4 is 0 Å². The van der Waals surface area contributed by atoms with Crippen molar-refractivity contribution in [2.24, 2.45) is 17.8 Å². The van der Waals surface area contributed by atoms with Crippen LogP contribution in [-0.2, 0) is 23.9 Å². The van der Waals surface area contributed by atoms with E-state index in [4.69, 9.17) is 9.47 Å². The van der Waals surface area contributed by atoms with Crippen molar-refractivity contribution < 1.29 is 29.0 Å². The summed E-state index contributed by atoms with van der Waals surface area (Å²) in [5.41, 5.74) is -0.103. The number of fused-ring (bicyclic) bond motifs is 6. The van der Waals surface area contributed by atoms with Crippen molar-refractivity contribution in [2.75, 3.05) is 0 Å². The Morgan fingerprint density at radius 2 is 2.00 bits per heavy atom. The maximum atomic E-state index is 13.1. The molecule has 6 heteroatoms. The van der Waals surface area contributed by atoms with E-state index in [2.05, 4.69) is 0 Å². The number of Topliss-reactive ketones (excluding diaryl/α,β-unsaturated/α-hetero) is 2. The second-order valence-corrected chi connectivity index (χ2v) is 9.05. The third-order valence-corrected chi connectivity index (χ3v) is 6.59. The lowest BCUT2D eigenvalue weighted by molar-refractivity contribution is -0.172. The van der Waals surface area contributed by atoms with Gasteiger partial charge in [-0.1, -0.05) is 20.3 Å². The van der Waals surface area contributed by atoms with Gasteiger partial charge in [0.05, 0.1) is 23.7 Å². The maximum Gasteiger partial charge on any atom is 0.316 e. The highest BCUT2D eigenvalue weighted by Crippen LogP contribution is 2.42. The molecule has 0 unspecified atom stereocenters. The van der Waals surface area contributed by atoms with E-state index in [1.54, 1.807) is 13.0 Å². The van der Waals surface area contributed by atoms with Crippen molar-refractivity contribution in [3.05, 3.63) is 11.6 Å². The van der Waals surface area contributed by atoms with Crippen molar-refractivity contribution in [3.8, 4) is 0 Å². The van der Waals surface area contributed by atoms with Gasteiger partial charge in [-0.2, -0.15) is 0 Å². The fourth-order valence-electron chi connectivity index (χ4n) is 5.05. The lowest BCUT2D eigenvalue weighted by Crippen LogP contribution is -2.47. The van der Waals surface area contributed by atoms with Gasteiger partial charge >= 0.3 is 5.97 Å². The van der Waals surface area contributed by atoms with Crippen molar-refractivity contribution in [2.45, 2.75) is 90.1 Å². The zero-order valence-corrected chi connectivity index (χ0v) is 17.3. The average Bonchev–Trinajstić information content (AvgIpc) is 2.92. The SMILES string of the molecule is CCC[C@H]1C(=O)[C@H]2CC[C@@]3(C)C[C@H](C)[C@@H](O3)[C@H](O)/C=C(/C)C(=O)C[C@H]1OC2=O. The van der Waals surface area contributed by atoms with Crippen molar-refractivity contribution in [3.63, 3.8) is 0 Å². The quantitative estimate of drug-likeness (QED) is 0.574. The van der Waals surface area contributed by atoms with Crippen LogP contribution in [0.4, 0.5) is 0 Å². The fourth-order valence-corrected chi connectivity index (χ4v) is 5.05. The molecule has 1 N–H and O–H groups in total. The molecule has 4 aliphatic heterocycles. The molecule has 4 aliphatic rings. The Morgan fingerprint density at radius 1 is 1.29 bits per heavy atom. The number of rotatable bonds is 2. The first-order valence-corrected chi connectivity index (χ1v) is 10.5. The molecule has 0 radical (unpaired) electrons. The molecule has 0 aliphatic carbocycles. The molecule has 156 valence electrons. The summed E-state index contributed by atoms with van der Waals surface area (Å²) in [5.74, 6) is -1.95. The van der Waals surface area contributed by atoms with Crippen LogP contribution in [0.25, 0.3) is 0 Å². The minimum Gasteiger partial charge on any atom is -0.461 e. The van der Waals surface area contributed by atoms with E-state index in [0.717, 1.165) is 12.8 Å². The summed E-state index contributed by atoms with van der Waals surface area (Å²) < 4.78 is 11.8. The van der Waals surface area contributed by atoms with Gasteiger partial charge < -0.3 is 14.6 Å². The molecule has 28 heavy (non-hydrogen) atoms. The Hall–Kier alpha value is -1.53. The molecule has 0 spiro atoms. The molecule has 0 amide bonds. The summed E-state index contributed by atoms with van der Waals surface area (Å²) in [4.78, 5) is 38.4. The average molecular weight is 392 g/mol. The minimum absolute atomic E-state index is 0.0251. The second-order valence-electron chi connectivity index (χ2n) is 9.05. The zero-order chi connectivity index (χ0) is 20.6. The predicted molar refractivity (Wildman–Crippen MR) is 102 cm³/mol. The highest BCUT2D eigenvalue weighted by molar-refractivity contribution is 6.03. The number of allylic oxidation sites excluding steroid dienone is 1. The van der Waals surface area contributed by atoms with E-state index in [9.17, 15) is 19.5 Å². The van der Waals surface area contributed by atoms with Crippen LogP contribution in [0, 0.1) is 17.8 Å². The van der Waals surface area contributed by atoms with Gasteiger partial charge in [0.25, 0.3) is 0 Å². The Morgan fingerprint density at radius 3 is 2.68 bits per heavy atom. The topological polar surface area (TPSA) is 89.9 Å². The smallest absolute Gasteiger partial charge is 0.316 e. The molecule has 4 bridgehead atoms. The standard InChI is InChI=1S/C22H32O6/c1-5-6-14-18-10-16(23)12(2)9-17(24)20-13(3)11-22(4,28-20)8-7-15(19(14)25)21(26)27-18/h9,13-15,17-18,20,24H,5-8,10-11H2,1-4H3/b12-9-/t13-,14+,15+,17+,18+,20+,22-/m0/s1. The van der Waals surface area contributed by atoms with Gasteiger partial charge in [-0.15, -0.1) is 0 Å². The summed E-state index contributed by atoms with van der Waals surface area (Å²) in [7, 11) is 0. The first-order valence-electron chi connectivity index (χ1n) is 10.5. The maximum absolute atomic E-state index is 13.1. The second kappa shape index (κ2) is 8.07. The number of esters is 1. The summed E-state index contributed by atoms with van der Waals surface area (Å²) in [5, 5.41) is 10.6. The van der Waals surface area contributed by atoms with Gasteiger partial charge in [0.2, 0.25) is 0 Å². The lowest BCUT2D eigenvalue weighted by atomic mass is 9.78. The Kier molecular flexibility index (Phi) is 6.11. The van der Waals surface area contributed by atoms with Gasteiger partial charge in [-0.25, -0.2) is 0 Å². The number of hydrogen-bond acceptors (Lipinski definition) is 6. The highest BCUT2D eigenvalue weighted by Gasteiger charge is 2.48. The van der Waals surface area contributed by atoms with Crippen LogP contribution in [0.1, 0.15) is 66.2 Å².